The van der Waals surface area contributed by atoms with Gasteiger partial charge < -0.3 is 19.7 Å². The van der Waals surface area contributed by atoms with Gasteiger partial charge in [-0.1, -0.05) is 35.9 Å². The Bertz CT molecular complexity index is 1380. The summed E-state index contributed by atoms with van der Waals surface area (Å²) >= 11 is 0. The summed E-state index contributed by atoms with van der Waals surface area (Å²) in [7, 11) is 1.26. The molecule has 0 spiro atoms. The minimum Gasteiger partial charge on any atom is -0.497 e. The van der Waals surface area contributed by atoms with Crippen molar-refractivity contribution in [2.24, 2.45) is 0 Å². The number of carbonyl (C=O) groups is 3. The molecule has 0 aliphatic heterocycles. The molecule has 0 aliphatic carbocycles. The number of nitrogens with one attached hydrogen (secondary N) is 1. The summed E-state index contributed by atoms with van der Waals surface area (Å²) in [6.07, 6.45) is -5.17. The van der Waals surface area contributed by atoms with Gasteiger partial charge >= 0.3 is 12.1 Å². The Balaban J connectivity index is 1.74. The Hall–Kier alpha value is -4.34. The second-order valence-corrected chi connectivity index (χ2v) is 10.6. The van der Waals surface area contributed by atoms with Gasteiger partial charge in [-0.2, -0.15) is 13.2 Å². The molecular weight excluding hydrogens is 537 g/mol. The maximum Gasteiger partial charge on any atom is 0.416 e. The highest BCUT2D eigenvalue weighted by Gasteiger charge is 2.34. The van der Waals surface area contributed by atoms with Crippen LogP contribution in [0.3, 0.4) is 0 Å². The molecule has 0 unspecified atom stereocenters. The van der Waals surface area contributed by atoms with E-state index < -0.39 is 41.5 Å². The first kappa shape index (κ1) is 31.2. The van der Waals surface area contributed by atoms with E-state index in [1.165, 1.54) is 48.4 Å². The topological polar surface area (TPSA) is 84.9 Å². The molecular formula is C31H33F3N2O5. The quantitative estimate of drug-likeness (QED) is 0.310. The molecule has 0 bridgehead atoms. The Kier molecular flexibility index (Phi) is 9.80. The van der Waals surface area contributed by atoms with Crippen LogP contribution in [0.1, 0.15) is 53.4 Å². The van der Waals surface area contributed by atoms with Crippen LogP contribution in [0.5, 0.6) is 5.75 Å². The van der Waals surface area contributed by atoms with Crippen molar-refractivity contribution in [1.82, 2.24) is 4.90 Å². The number of alkyl halides is 3. The van der Waals surface area contributed by atoms with E-state index in [4.69, 9.17) is 9.47 Å². The molecule has 0 aliphatic rings. The summed E-state index contributed by atoms with van der Waals surface area (Å²) in [6.45, 7) is 7.06. The maximum absolute atomic E-state index is 13.5. The van der Waals surface area contributed by atoms with Gasteiger partial charge in [0.25, 0.3) is 5.91 Å². The molecule has 10 heteroatoms. The minimum atomic E-state index is -4.66. The number of amides is 2. The third-order valence-electron chi connectivity index (χ3n) is 5.91. The first-order valence-electron chi connectivity index (χ1n) is 12.9. The number of ether oxygens (including phenoxy) is 2. The van der Waals surface area contributed by atoms with Gasteiger partial charge in [0.05, 0.1) is 19.1 Å². The number of hydrogen-bond donors (Lipinski definition) is 1. The van der Waals surface area contributed by atoms with Gasteiger partial charge in [0.15, 0.2) is 0 Å². The number of aryl methyl sites for hydroxylation is 1. The van der Waals surface area contributed by atoms with E-state index in [0.717, 1.165) is 17.2 Å². The fourth-order valence-corrected chi connectivity index (χ4v) is 4.00. The normalized spacial score (nSPS) is 11.5. The summed E-state index contributed by atoms with van der Waals surface area (Å²) < 4.78 is 50.8. The maximum atomic E-state index is 13.5. The smallest absolute Gasteiger partial charge is 0.416 e. The molecule has 41 heavy (non-hydrogen) atoms. The van der Waals surface area contributed by atoms with Crippen molar-refractivity contribution < 1.29 is 37.0 Å². The van der Waals surface area contributed by atoms with E-state index in [2.05, 4.69) is 5.32 Å². The standard InChI is InChI=1S/C31H33F3N2O5/c1-20-6-8-21(9-7-20)18-36(19-28(38)41-30(2,3)4)29(39)22-10-13-24(14-11-22)35-27(37)16-23-12-15-25(40-5)17-26(23)31(32,33)34/h6-15,17H,16,18-19H2,1-5H3,(H,35,37). The SMILES string of the molecule is COc1ccc(CC(=O)Nc2ccc(C(=O)N(CC(=O)OC(C)(C)C)Cc3ccc(C)cc3)cc2)c(C(F)(F)F)c1. The minimum absolute atomic E-state index is 0.0322. The predicted octanol–water partition coefficient (Wildman–Crippen LogP) is 6.19. The molecule has 0 saturated carbocycles. The number of benzene rings is 3. The lowest BCUT2D eigenvalue weighted by Crippen LogP contribution is -2.38. The van der Waals surface area contributed by atoms with Crippen LogP contribution in [0.15, 0.2) is 66.7 Å². The first-order chi connectivity index (χ1) is 19.1. The molecule has 3 aromatic rings. The van der Waals surface area contributed by atoms with E-state index in [9.17, 15) is 27.6 Å². The second kappa shape index (κ2) is 12.9. The van der Waals surface area contributed by atoms with E-state index in [-0.39, 0.29) is 30.0 Å². The third kappa shape index (κ3) is 9.37. The van der Waals surface area contributed by atoms with Crippen LogP contribution in [-0.4, -0.2) is 41.9 Å². The fourth-order valence-electron chi connectivity index (χ4n) is 4.00. The lowest BCUT2D eigenvalue weighted by Gasteiger charge is -2.25. The highest BCUT2D eigenvalue weighted by Crippen LogP contribution is 2.34. The molecule has 0 radical (unpaired) electrons. The lowest BCUT2D eigenvalue weighted by atomic mass is 10.0. The molecule has 7 nitrogen and oxygen atoms in total. The van der Waals surface area contributed by atoms with E-state index in [1.807, 2.05) is 31.2 Å². The first-order valence-corrected chi connectivity index (χ1v) is 12.9. The average molecular weight is 571 g/mol. The molecule has 0 aromatic heterocycles. The molecule has 0 fully saturated rings. The molecule has 0 heterocycles. The van der Waals surface area contributed by atoms with Crippen LogP contribution in [-0.2, 0) is 33.5 Å². The monoisotopic (exact) mass is 570 g/mol. The number of anilines is 1. The number of methoxy groups -OCH3 is 1. The molecule has 2 amide bonds. The Morgan fingerprint density at radius 3 is 2.10 bits per heavy atom. The number of carbonyl (C=O) groups excluding carboxylic acids is 3. The van der Waals surface area contributed by atoms with Crippen molar-refractivity contribution in [3.8, 4) is 5.75 Å². The molecule has 0 saturated heterocycles. The van der Waals surface area contributed by atoms with Gasteiger partial charge in [0.2, 0.25) is 5.91 Å². The summed E-state index contributed by atoms with van der Waals surface area (Å²) in [4.78, 5) is 39.9. The van der Waals surface area contributed by atoms with Crippen LogP contribution < -0.4 is 10.1 Å². The van der Waals surface area contributed by atoms with Gasteiger partial charge in [-0.15, -0.1) is 0 Å². The fraction of sp³-hybridized carbons (Fsp3) is 0.323. The molecule has 218 valence electrons. The molecule has 3 rings (SSSR count). The number of esters is 1. The summed E-state index contributed by atoms with van der Waals surface area (Å²) in [5.74, 6) is -1.61. The van der Waals surface area contributed by atoms with Gasteiger partial charge in [-0.05, 0) is 75.2 Å². The Morgan fingerprint density at radius 1 is 0.902 bits per heavy atom. The zero-order chi connectivity index (χ0) is 30.4. The lowest BCUT2D eigenvalue weighted by molar-refractivity contribution is -0.155. The number of nitrogens with zero attached hydrogens (tertiary/aromatic N) is 1. The van der Waals surface area contributed by atoms with Crippen molar-refractivity contribution in [1.29, 1.82) is 0 Å². The van der Waals surface area contributed by atoms with Gasteiger partial charge in [0, 0.05) is 17.8 Å². The largest absolute Gasteiger partial charge is 0.497 e. The van der Waals surface area contributed by atoms with Crippen molar-refractivity contribution in [3.05, 3.63) is 94.5 Å². The Labute approximate surface area is 237 Å². The van der Waals surface area contributed by atoms with Gasteiger partial charge in [-0.25, -0.2) is 0 Å². The van der Waals surface area contributed by atoms with Crippen LogP contribution in [0.2, 0.25) is 0 Å². The van der Waals surface area contributed by atoms with Crippen molar-refractivity contribution in [2.75, 3.05) is 19.0 Å². The van der Waals surface area contributed by atoms with Crippen molar-refractivity contribution in [3.63, 3.8) is 0 Å². The molecule has 1 N–H and O–H groups in total. The van der Waals surface area contributed by atoms with E-state index >= 15 is 0 Å². The Morgan fingerprint density at radius 2 is 1.54 bits per heavy atom. The predicted molar refractivity (Wildman–Crippen MR) is 149 cm³/mol. The van der Waals surface area contributed by atoms with Gasteiger partial charge in [-0.3, -0.25) is 14.4 Å². The zero-order valence-corrected chi connectivity index (χ0v) is 23.6. The number of hydrogen-bond acceptors (Lipinski definition) is 5. The highest BCUT2D eigenvalue weighted by atomic mass is 19.4. The number of halogens is 3. The van der Waals surface area contributed by atoms with Crippen molar-refractivity contribution in [2.45, 2.75) is 52.4 Å². The van der Waals surface area contributed by atoms with Crippen molar-refractivity contribution >= 4 is 23.5 Å². The second-order valence-electron chi connectivity index (χ2n) is 10.6. The molecule has 3 aromatic carbocycles. The number of rotatable bonds is 9. The summed E-state index contributed by atoms with van der Waals surface area (Å²) in [6, 6.07) is 16.9. The van der Waals surface area contributed by atoms with E-state index in [1.54, 1.807) is 20.8 Å². The van der Waals surface area contributed by atoms with E-state index in [0.29, 0.717) is 5.69 Å². The van der Waals surface area contributed by atoms with Crippen LogP contribution in [0, 0.1) is 6.92 Å². The highest BCUT2D eigenvalue weighted by molar-refractivity contribution is 5.97. The zero-order valence-electron chi connectivity index (χ0n) is 23.6. The van der Waals surface area contributed by atoms with Crippen LogP contribution in [0.4, 0.5) is 18.9 Å². The summed E-state index contributed by atoms with van der Waals surface area (Å²) in [5, 5.41) is 2.56. The average Bonchev–Trinajstić information content (AvgIpc) is 2.88. The summed E-state index contributed by atoms with van der Waals surface area (Å²) in [5.41, 5.74) is 0.565. The van der Waals surface area contributed by atoms with Gasteiger partial charge in [0.1, 0.15) is 17.9 Å². The molecule has 0 atom stereocenters. The van der Waals surface area contributed by atoms with Crippen LogP contribution in [0.25, 0.3) is 0 Å². The third-order valence-corrected chi connectivity index (χ3v) is 5.91. The van der Waals surface area contributed by atoms with Crippen LogP contribution >= 0.6 is 0 Å².